The quantitative estimate of drug-likeness (QED) is 0.431. The SMILES string of the molecule is CCC=CCCCn1cnc2c(N)nc(OCCCc3ccccc3)nc21. The van der Waals surface area contributed by atoms with Crippen LogP contribution in [-0.4, -0.2) is 26.1 Å². The number of nitrogens with zero attached hydrogens (tertiary/aromatic N) is 4. The normalized spacial score (nSPS) is 11.4. The number of anilines is 1. The van der Waals surface area contributed by atoms with Gasteiger partial charge in [-0.1, -0.05) is 49.4 Å². The van der Waals surface area contributed by atoms with Crippen LogP contribution in [0.3, 0.4) is 0 Å². The molecule has 0 saturated heterocycles. The first kappa shape index (κ1) is 18.9. The molecule has 0 atom stereocenters. The second-order valence-electron chi connectivity index (χ2n) is 6.46. The number of aromatic nitrogens is 4. The third-order valence-electron chi connectivity index (χ3n) is 4.33. The van der Waals surface area contributed by atoms with E-state index in [9.17, 15) is 0 Å². The van der Waals surface area contributed by atoms with Crippen molar-refractivity contribution in [3.05, 3.63) is 54.4 Å². The van der Waals surface area contributed by atoms with Crippen molar-refractivity contribution in [2.45, 2.75) is 45.6 Å². The summed E-state index contributed by atoms with van der Waals surface area (Å²) < 4.78 is 7.76. The van der Waals surface area contributed by atoms with E-state index in [0.717, 1.165) is 44.3 Å². The molecule has 2 heterocycles. The maximum absolute atomic E-state index is 6.04. The molecular formula is C21H27N5O. The molecular weight excluding hydrogens is 338 g/mol. The van der Waals surface area contributed by atoms with E-state index in [-0.39, 0.29) is 0 Å². The summed E-state index contributed by atoms with van der Waals surface area (Å²) in [4.78, 5) is 13.1. The molecule has 0 spiro atoms. The van der Waals surface area contributed by atoms with Gasteiger partial charge in [-0.3, -0.25) is 0 Å². The number of nitrogen functional groups attached to an aromatic ring is 1. The molecule has 1 aromatic carbocycles. The molecule has 0 unspecified atom stereocenters. The van der Waals surface area contributed by atoms with Gasteiger partial charge in [-0.05, 0) is 37.7 Å². The van der Waals surface area contributed by atoms with Crippen LogP contribution in [0, 0.1) is 0 Å². The van der Waals surface area contributed by atoms with Crippen LogP contribution in [0.2, 0.25) is 0 Å². The van der Waals surface area contributed by atoms with E-state index in [1.165, 1.54) is 5.56 Å². The van der Waals surface area contributed by atoms with Crippen LogP contribution >= 0.6 is 0 Å². The number of imidazole rings is 1. The lowest BCUT2D eigenvalue weighted by Crippen LogP contribution is -2.06. The van der Waals surface area contributed by atoms with Crippen molar-refractivity contribution in [3.8, 4) is 6.01 Å². The van der Waals surface area contributed by atoms with Gasteiger partial charge in [0.1, 0.15) is 5.52 Å². The zero-order valence-electron chi connectivity index (χ0n) is 15.8. The molecule has 2 N–H and O–H groups in total. The average Bonchev–Trinajstić information content (AvgIpc) is 3.09. The number of unbranched alkanes of at least 4 members (excludes halogenated alkanes) is 1. The summed E-state index contributed by atoms with van der Waals surface area (Å²) in [5.74, 6) is 0.364. The Kier molecular flexibility index (Phi) is 6.79. The van der Waals surface area contributed by atoms with E-state index in [2.05, 4.69) is 46.2 Å². The van der Waals surface area contributed by atoms with E-state index < -0.39 is 0 Å². The number of fused-ring (bicyclic) bond motifs is 1. The Hall–Kier alpha value is -2.89. The molecule has 3 rings (SSSR count). The largest absolute Gasteiger partial charge is 0.463 e. The van der Waals surface area contributed by atoms with Gasteiger partial charge in [-0.2, -0.15) is 9.97 Å². The smallest absolute Gasteiger partial charge is 0.320 e. The topological polar surface area (TPSA) is 78.9 Å². The number of nitrogens with two attached hydrogens (primary N) is 1. The molecule has 0 fully saturated rings. The highest BCUT2D eigenvalue weighted by Gasteiger charge is 2.12. The first-order valence-electron chi connectivity index (χ1n) is 9.58. The number of ether oxygens (including phenoxy) is 1. The van der Waals surface area contributed by atoms with Crippen LogP contribution in [0.5, 0.6) is 6.01 Å². The van der Waals surface area contributed by atoms with Crippen molar-refractivity contribution < 1.29 is 4.74 Å². The monoisotopic (exact) mass is 365 g/mol. The highest BCUT2D eigenvalue weighted by atomic mass is 16.5. The summed E-state index contributed by atoms with van der Waals surface area (Å²) >= 11 is 0. The second-order valence-corrected chi connectivity index (χ2v) is 6.46. The summed E-state index contributed by atoms with van der Waals surface area (Å²) in [6.45, 7) is 3.53. The van der Waals surface area contributed by atoms with Gasteiger partial charge in [-0.25, -0.2) is 4.98 Å². The molecule has 6 heteroatoms. The Bertz CT molecular complexity index is 873. The lowest BCUT2D eigenvalue weighted by molar-refractivity contribution is 0.288. The van der Waals surface area contributed by atoms with Gasteiger partial charge in [-0.15, -0.1) is 0 Å². The third kappa shape index (κ3) is 5.29. The van der Waals surface area contributed by atoms with Crippen LogP contribution in [0.1, 0.15) is 38.2 Å². The van der Waals surface area contributed by atoms with Crippen molar-refractivity contribution in [1.82, 2.24) is 19.5 Å². The fourth-order valence-corrected chi connectivity index (χ4v) is 2.92. The zero-order valence-corrected chi connectivity index (χ0v) is 15.8. The maximum Gasteiger partial charge on any atom is 0.320 e. The number of rotatable bonds is 10. The Morgan fingerprint density at radius 2 is 1.96 bits per heavy atom. The van der Waals surface area contributed by atoms with Crippen LogP contribution in [0.25, 0.3) is 11.2 Å². The molecule has 2 aromatic heterocycles. The number of aryl methyl sites for hydroxylation is 2. The summed E-state index contributed by atoms with van der Waals surface area (Å²) in [6.07, 6.45) is 11.2. The summed E-state index contributed by atoms with van der Waals surface area (Å²) in [5.41, 5.74) is 8.71. The van der Waals surface area contributed by atoms with Gasteiger partial charge in [0.05, 0.1) is 12.9 Å². The molecule has 6 nitrogen and oxygen atoms in total. The minimum atomic E-state index is 0.320. The zero-order chi connectivity index (χ0) is 18.9. The predicted octanol–water partition coefficient (Wildman–Crippen LogP) is 4.17. The summed E-state index contributed by atoms with van der Waals surface area (Å²) in [6, 6.07) is 10.7. The lowest BCUT2D eigenvalue weighted by atomic mass is 10.1. The molecule has 27 heavy (non-hydrogen) atoms. The van der Waals surface area contributed by atoms with Crippen LogP contribution in [-0.2, 0) is 13.0 Å². The van der Waals surface area contributed by atoms with Gasteiger partial charge in [0.15, 0.2) is 11.5 Å². The Morgan fingerprint density at radius 1 is 1.11 bits per heavy atom. The third-order valence-corrected chi connectivity index (χ3v) is 4.33. The number of hydrogen-bond donors (Lipinski definition) is 1. The van der Waals surface area contributed by atoms with Crippen molar-refractivity contribution in [2.75, 3.05) is 12.3 Å². The van der Waals surface area contributed by atoms with Crippen molar-refractivity contribution >= 4 is 17.0 Å². The Balaban J connectivity index is 1.58. The van der Waals surface area contributed by atoms with E-state index in [4.69, 9.17) is 10.5 Å². The minimum absolute atomic E-state index is 0.320. The van der Waals surface area contributed by atoms with Crippen molar-refractivity contribution in [1.29, 1.82) is 0 Å². The van der Waals surface area contributed by atoms with Crippen molar-refractivity contribution in [3.63, 3.8) is 0 Å². The first-order valence-corrected chi connectivity index (χ1v) is 9.58. The van der Waals surface area contributed by atoms with Gasteiger partial charge in [0, 0.05) is 6.54 Å². The second kappa shape index (κ2) is 9.71. The minimum Gasteiger partial charge on any atom is -0.463 e. The highest BCUT2D eigenvalue weighted by molar-refractivity contribution is 5.81. The standard InChI is InChI=1S/C21H27N5O/c1-2-3-4-5-9-14-26-16-23-18-19(22)24-21(25-20(18)26)27-15-10-13-17-11-7-6-8-12-17/h3-4,6-8,11-12,16H,2,5,9-10,13-15H2,1H3,(H2,22,24,25). The summed E-state index contributed by atoms with van der Waals surface area (Å²) in [7, 11) is 0. The molecule has 142 valence electrons. The molecule has 0 radical (unpaired) electrons. The van der Waals surface area contributed by atoms with Crippen molar-refractivity contribution in [2.24, 2.45) is 0 Å². The molecule has 0 saturated carbocycles. The highest BCUT2D eigenvalue weighted by Crippen LogP contribution is 2.20. The van der Waals surface area contributed by atoms with Gasteiger partial charge < -0.3 is 15.0 Å². The van der Waals surface area contributed by atoms with Crippen LogP contribution in [0.4, 0.5) is 5.82 Å². The molecule has 0 aliphatic carbocycles. The van der Waals surface area contributed by atoms with E-state index >= 15 is 0 Å². The van der Waals surface area contributed by atoms with Crippen LogP contribution < -0.4 is 10.5 Å². The number of benzene rings is 1. The maximum atomic E-state index is 6.04. The van der Waals surface area contributed by atoms with Gasteiger partial charge in [0.25, 0.3) is 0 Å². The van der Waals surface area contributed by atoms with E-state index in [1.807, 2.05) is 22.8 Å². The van der Waals surface area contributed by atoms with Gasteiger partial charge >= 0.3 is 6.01 Å². The average molecular weight is 365 g/mol. The molecule has 0 aliphatic heterocycles. The van der Waals surface area contributed by atoms with E-state index in [1.54, 1.807) is 6.33 Å². The first-order chi connectivity index (χ1) is 13.3. The molecule has 0 amide bonds. The van der Waals surface area contributed by atoms with Gasteiger partial charge in [0.2, 0.25) is 0 Å². The predicted molar refractivity (Wildman–Crippen MR) is 109 cm³/mol. The summed E-state index contributed by atoms with van der Waals surface area (Å²) in [5, 5.41) is 0. The molecule has 3 aromatic rings. The van der Waals surface area contributed by atoms with E-state index in [0.29, 0.717) is 24.0 Å². The fraction of sp³-hybridized carbons (Fsp3) is 0.381. The van der Waals surface area contributed by atoms with Crippen LogP contribution in [0.15, 0.2) is 48.8 Å². The number of allylic oxidation sites excluding steroid dienone is 2. The molecule has 0 aliphatic rings. The molecule has 0 bridgehead atoms. The fourth-order valence-electron chi connectivity index (χ4n) is 2.92. The Labute approximate surface area is 160 Å². The number of hydrogen-bond acceptors (Lipinski definition) is 5. The lowest BCUT2D eigenvalue weighted by Gasteiger charge is -2.07. The Morgan fingerprint density at radius 3 is 2.78 bits per heavy atom.